The van der Waals surface area contributed by atoms with Crippen molar-refractivity contribution in [2.24, 2.45) is 5.92 Å². The molecule has 0 spiro atoms. The molecule has 0 radical (unpaired) electrons. The Morgan fingerprint density at radius 3 is 2.22 bits per heavy atom. The number of ether oxygens (including phenoxy) is 1. The van der Waals surface area contributed by atoms with E-state index >= 15 is 0 Å². The second-order valence-corrected chi connectivity index (χ2v) is 14.4. The summed E-state index contributed by atoms with van der Waals surface area (Å²) in [6.07, 6.45) is 13.3. The maximum absolute atomic E-state index is 12.5. The van der Waals surface area contributed by atoms with E-state index in [-0.39, 0.29) is 12.8 Å². The highest BCUT2D eigenvalue weighted by atomic mass is 35.5. The third kappa shape index (κ3) is 7.24. The standard InChI is InChI=1S/C42H43Cl2FO/c43-35-18-23-39(41(44)27-35)40-7-4-6-34-26-33(31-13-11-30(12-14-31)29-9-10-29)17-22-38(34)42(40)32-15-20-36(21-16-32)46-37-19-8-28(25-37)5-2-1-3-24-45/h11-18,20-23,26-29,37H,1-10,19,24-25H2/t28?,37-/m0/s1. The van der Waals surface area contributed by atoms with Crippen molar-refractivity contribution in [2.45, 2.75) is 89.1 Å². The molecule has 238 valence electrons. The maximum atomic E-state index is 12.5. The largest absolute Gasteiger partial charge is 0.490 e. The second kappa shape index (κ2) is 14.4. The van der Waals surface area contributed by atoms with Crippen LogP contribution in [0.4, 0.5) is 4.39 Å². The predicted octanol–water partition coefficient (Wildman–Crippen LogP) is 12.9. The van der Waals surface area contributed by atoms with E-state index in [1.807, 2.05) is 12.1 Å². The lowest BCUT2D eigenvalue weighted by Crippen LogP contribution is -2.12. The van der Waals surface area contributed by atoms with E-state index < -0.39 is 0 Å². The van der Waals surface area contributed by atoms with E-state index in [9.17, 15) is 4.39 Å². The summed E-state index contributed by atoms with van der Waals surface area (Å²) in [5.74, 6) is 2.39. The molecular weight excluding hydrogens is 610 g/mol. The molecule has 3 aliphatic rings. The summed E-state index contributed by atoms with van der Waals surface area (Å²) in [6, 6.07) is 30.8. The highest BCUT2D eigenvalue weighted by Crippen LogP contribution is 2.44. The number of aryl methyl sites for hydroxylation is 1. The molecule has 1 unspecified atom stereocenters. The smallest absolute Gasteiger partial charge is 0.119 e. The lowest BCUT2D eigenvalue weighted by Gasteiger charge is -2.19. The van der Waals surface area contributed by atoms with Gasteiger partial charge in [-0.3, -0.25) is 4.39 Å². The number of halogens is 3. The fourth-order valence-corrected chi connectivity index (χ4v) is 8.18. The summed E-state index contributed by atoms with van der Waals surface area (Å²) in [7, 11) is 0. The minimum Gasteiger partial charge on any atom is -0.490 e. The molecule has 3 aliphatic carbocycles. The Morgan fingerprint density at radius 2 is 1.46 bits per heavy atom. The van der Waals surface area contributed by atoms with Gasteiger partial charge in [-0.25, -0.2) is 0 Å². The van der Waals surface area contributed by atoms with Gasteiger partial charge in [0.05, 0.1) is 12.8 Å². The molecule has 2 saturated carbocycles. The lowest BCUT2D eigenvalue weighted by molar-refractivity contribution is 0.203. The van der Waals surface area contributed by atoms with Crippen LogP contribution in [0.5, 0.6) is 5.75 Å². The van der Waals surface area contributed by atoms with Crippen molar-refractivity contribution in [1.82, 2.24) is 0 Å². The van der Waals surface area contributed by atoms with Gasteiger partial charge >= 0.3 is 0 Å². The Morgan fingerprint density at radius 1 is 0.696 bits per heavy atom. The first-order valence-electron chi connectivity index (χ1n) is 17.3. The zero-order chi connectivity index (χ0) is 31.5. The minimum atomic E-state index is -0.196. The SMILES string of the molecule is FCCCCCC1CC[C@H](Oc2ccc(C3=C(c4ccc(Cl)cc4Cl)CCCc4cc(-c5ccc(C6CC6)cc5)ccc43)cc2)C1. The minimum absolute atomic E-state index is 0.196. The van der Waals surface area contributed by atoms with Gasteiger partial charge < -0.3 is 4.74 Å². The van der Waals surface area contributed by atoms with Gasteiger partial charge in [0.15, 0.2) is 0 Å². The summed E-state index contributed by atoms with van der Waals surface area (Å²) >= 11 is 13.2. The number of hydrogen-bond acceptors (Lipinski definition) is 1. The lowest BCUT2D eigenvalue weighted by atomic mass is 9.86. The number of hydrogen-bond donors (Lipinski definition) is 0. The van der Waals surface area contributed by atoms with Gasteiger partial charge in [-0.2, -0.15) is 0 Å². The average molecular weight is 654 g/mol. The Balaban J connectivity index is 1.18. The molecule has 2 atom stereocenters. The number of benzene rings is 4. The summed E-state index contributed by atoms with van der Waals surface area (Å²) in [6.45, 7) is -0.196. The second-order valence-electron chi connectivity index (χ2n) is 13.6. The number of unbranched alkanes of at least 4 members (excludes halogenated alkanes) is 2. The predicted molar refractivity (Wildman–Crippen MR) is 192 cm³/mol. The molecular formula is C42H43Cl2FO. The van der Waals surface area contributed by atoms with Crippen LogP contribution in [0.2, 0.25) is 10.0 Å². The normalized spacial score (nSPS) is 19.6. The number of fused-ring (bicyclic) bond motifs is 1. The number of rotatable bonds is 11. The van der Waals surface area contributed by atoms with Crippen molar-refractivity contribution < 1.29 is 9.13 Å². The van der Waals surface area contributed by atoms with Crippen molar-refractivity contribution in [1.29, 1.82) is 0 Å². The average Bonchev–Trinajstić information content (AvgIpc) is 3.86. The molecule has 0 N–H and O–H groups in total. The van der Waals surface area contributed by atoms with Crippen molar-refractivity contribution in [3.8, 4) is 16.9 Å². The van der Waals surface area contributed by atoms with Crippen LogP contribution in [0.3, 0.4) is 0 Å². The van der Waals surface area contributed by atoms with Crippen LogP contribution < -0.4 is 4.74 Å². The highest BCUT2D eigenvalue weighted by Gasteiger charge is 2.27. The Hall–Kier alpha value is -3.07. The van der Waals surface area contributed by atoms with E-state index in [0.717, 1.165) is 62.2 Å². The third-order valence-corrected chi connectivity index (χ3v) is 10.8. The van der Waals surface area contributed by atoms with Gasteiger partial charge in [-0.1, -0.05) is 103 Å². The molecule has 0 saturated heterocycles. The van der Waals surface area contributed by atoms with Gasteiger partial charge in [0.1, 0.15) is 5.75 Å². The molecule has 0 bridgehead atoms. The molecule has 2 fully saturated rings. The summed E-state index contributed by atoms with van der Waals surface area (Å²) in [4.78, 5) is 0. The quantitative estimate of drug-likeness (QED) is 0.146. The zero-order valence-electron chi connectivity index (χ0n) is 26.5. The van der Waals surface area contributed by atoms with Crippen molar-refractivity contribution in [2.75, 3.05) is 6.67 Å². The van der Waals surface area contributed by atoms with Crippen LogP contribution in [-0.4, -0.2) is 12.8 Å². The zero-order valence-corrected chi connectivity index (χ0v) is 28.1. The Labute approximate surface area is 283 Å². The van der Waals surface area contributed by atoms with Crippen molar-refractivity contribution in [3.05, 3.63) is 123 Å². The molecule has 4 aromatic rings. The molecule has 46 heavy (non-hydrogen) atoms. The monoisotopic (exact) mass is 652 g/mol. The van der Waals surface area contributed by atoms with Gasteiger partial charge in [-0.15, -0.1) is 0 Å². The fourth-order valence-electron chi connectivity index (χ4n) is 7.66. The van der Waals surface area contributed by atoms with Gasteiger partial charge in [0.2, 0.25) is 0 Å². The first-order chi connectivity index (χ1) is 22.6. The Bertz CT molecular complexity index is 1690. The van der Waals surface area contributed by atoms with Crippen LogP contribution in [-0.2, 0) is 6.42 Å². The van der Waals surface area contributed by atoms with Crippen LogP contribution >= 0.6 is 23.2 Å². The summed E-state index contributed by atoms with van der Waals surface area (Å²) in [5.41, 5.74) is 11.4. The van der Waals surface area contributed by atoms with Crippen molar-refractivity contribution in [3.63, 3.8) is 0 Å². The van der Waals surface area contributed by atoms with E-state index in [2.05, 4.69) is 72.8 Å². The van der Waals surface area contributed by atoms with E-state index in [1.165, 1.54) is 70.2 Å². The van der Waals surface area contributed by atoms with Crippen LogP contribution in [0, 0.1) is 5.92 Å². The number of alkyl halides is 1. The molecule has 0 aliphatic heterocycles. The molecule has 0 amide bonds. The number of allylic oxidation sites excluding steroid dienone is 1. The van der Waals surface area contributed by atoms with Gasteiger partial charge in [-0.05, 0) is 144 Å². The molecule has 7 rings (SSSR count). The van der Waals surface area contributed by atoms with Crippen molar-refractivity contribution >= 4 is 34.3 Å². The topological polar surface area (TPSA) is 9.23 Å². The van der Waals surface area contributed by atoms with Gasteiger partial charge in [0, 0.05) is 10.0 Å². The fraction of sp³-hybridized carbons (Fsp3) is 0.381. The molecule has 1 nitrogen and oxygen atoms in total. The molecule has 0 aromatic heterocycles. The first kappa shape index (κ1) is 31.5. The summed E-state index contributed by atoms with van der Waals surface area (Å²) < 4.78 is 19.0. The molecule has 0 heterocycles. The van der Waals surface area contributed by atoms with Crippen LogP contribution in [0.15, 0.2) is 84.9 Å². The molecule has 4 aromatic carbocycles. The van der Waals surface area contributed by atoms with Gasteiger partial charge in [0.25, 0.3) is 0 Å². The third-order valence-electron chi connectivity index (χ3n) is 10.3. The van der Waals surface area contributed by atoms with Crippen LogP contribution in [0.1, 0.15) is 104 Å². The first-order valence-corrected chi connectivity index (χ1v) is 18.1. The Kier molecular flexibility index (Phi) is 9.84. The van der Waals surface area contributed by atoms with E-state index in [4.69, 9.17) is 27.9 Å². The summed E-state index contributed by atoms with van der Waals surface area (Å²) in [5, 5.41) is 1.34. The van der Waals surface area contributed by atoms with Crippen LogP contribution in [0.25, 0.3) is 22.3 Å². The van der Waals surface area contributed by atoms with E-state index in [1.54, 1.807) is 0 Å². The van der Waals surface area contributed by atoms with E-state index in [0.29, 0.717) is 22.4 Å². The highest BCUT2D eigenvalue weighted by molar-refractivity contribution is 6.36. The molecule has 4 heteroatoms. The maximum Gasteiger partial charge on any atom is 0.119 e.